The molecule has 0 aliphatic rings. The van der Waals surface area contributed by atoms with E-state index in [1.807, 2.05) is 16.8 Å². The molecular weight excluding hydrogens is 240 g/mol. The maximum absolute atomic E-state index is 13.4. The van der Waals surface area contributed by atoms with Crippen molar-refractivity contribution in [3.63, 3.8) is 0 Å². The quantitative estimate of drug-likeness (QED) is 0.884. The van der Waals surface area contributed by atoms with Crippen LogP contribution < -0.4 is 5.73 Å². The van der Waals surface area contributed by atoms with Crippen LogP contribution in [0.25, 0.3) is 0 Å². The molecule has 0 saturated carbocycles. The Kier molecular flexibility index (Phi) is 3.86. The summed E-state index contributed by atoms with van der Waals surface area (Å²) < 4.78 is 26.2. The summed E-state index contributed by atoms with van der Waals surface area (Å²) in [6, 6.07) is 5.17. The summed E-state index contributed by atoms with van der Waals surface area (Å²) in [4.78, 5) is 0. The van der Waals surface area contributed by atoms with E-state index < -0.39 is 17.7 Å². The number of aryl methyl sites for hydroxylation is 1. The molecule has 2 aromatic rings. The number of nitrogens with two attached hydrogens (primary N) is 1. The molecule has 1 aromatic carbocycles. The Morgan fingerprint density at radius 3 is 2.71 bits per heavy atom. The van der Waals surface area contributed by atoms with E-state index in [4.69, 9.17) is 5.73 Å². The maximum Gasteiger partial charge on any atom is 0.130 e. The minimum absolute atomic E-state index is 0.377. The Morgan fingerprint density at radius 2 is 2.06 bits per heavy atom. The molecule has 0 bridgehead atoms. The van der Waals surface area contributed by atoms with E-state index in [0.717, 1.165) is 12.5 Å². The Bertz CT molecular complexity index is 482. The smallest absolute Gasteiger partial charge is 0.130 e. The molecule has 2 N–H and O–H groups in total. The van der Waals surface area contributed by atoms with E-state index in [1.54, 1.807) is 11.3 Å². The Labute approximate surface area is 103 Å². The van der Waals surface area contributed by atoms with Crippen LogP contribution in [0.4, 0.5) is 8.78 Å². The summed E-state index contributed by atoms with van der Waals surface area (Å²) in [6.07, 6.45) is 1.46. The van der Waals surface area contributed by atoms with Crippen molar-refractivity contribution in [2.45, 2.75) is 18.9 Å². The number of halogens is 2. The lowest BCUT2D eigenvalue weighted by atomic mass is 10.0. The molecule has 2 rings (SSSR count). The van der Waals surface area contributed by atoms with Gasteiger partial charge in [-0.15, -0.1) is 0 Å². The van der Waals surface area contributed by atoms with Crippen LogP contribution in [0.3, 0.4) is 0 Å². The molecule has 4 heteroatoms. The van der Waals surface area contributed by atoms with Crippen molar-refractivity contribution >= 4 is 11.3 Å². The predicted octanol–water partition coefficient (Wildman–Crippen LogP) is 3.66. The van der Waals surface area contributed by atoms with E-state index in [1.165, 1.54) is 17.7 Å². The molecular formula is C13H13F2NS. The first kappa shape index (κ1) is 12.2. The van der Waals surface area contributed by atoms with Gasteiger partial charge in [0.1, 0.15) is 11.6 Å². The fourth-order valence-electron chi connectivity index (χ4n) is 1.71. The summed E-state index contributed by atoms with van der Waals surface area (Å²) >= 11 is 1.63. The van der Waals surface area contributed by atoms with Crippen molar-refractivity contribution in [1.29, 1.82) is 0 Å². The minimum Gasteiger partial charge on any atom is -0.324 e. The van der Waals surface area contributed by atoms with E-state index in [-0.39, 0.29) is 0 Å². The predicted molar refractivity (Wildman–Crippen MR) is 65.9 cm³/mol. The topological polar surface area (TPSA) is 26.0 Å². The highest BCUT2D eigenvalue weighted by Gasteiger charge is 2.12. The van der Waals surface area contributed by atoms with Gasteiger partial charge in [0, 0.05) is 17.7 Å². The van der Waals surface area contributed by atoms with Gasteiger partial charge in [-0.2, -0.15) is 11.3 Å². The molecule has 0 saturated heterocycles. The van der Waals surface area contributed by atoms with Crippen LogP contribution in [0.15, 0.2) is 35.0 Å². The van der Waals surface area contributed by atoms with E-state index in [9.17, 15) is 8.78 Å². The third-order valence-electron chi connectivity index (χ3n) is 2.69. The molecule has 0 spiro atoms. The molecule has 1 heterocycles. The van der Waals surface area contributed by atoms with Gasteiger partial charge in [0.05, 0.1) is 0 Å². The van der Waals surface area contributed by atoms with E-state index >= 15 is 0 Å². The highest BCUT2D eigenvalue weighted by molar-refractivity contribution is 7.07. The lowest BCUT2D eigenvalue weighted by Crippen LogP contribution is -2.13. The molecule has 1 unspecified atom stereocenters. The van der Waals surface area contributed by atoms with Gasteiger partial charge in [0.25, 0.3) is 0 Å². The Hall–Kier alpha value is -1.26. The SMILES string of the molecule is NC(CCc1ccsc1)c1ccc(F)cc1F. The molecule has 17 heavy (non-hydrogen) atoms. The second-order valence-corrected chi connectivity index (χ2v) is 4.72. The first-order valence-corrected chi connectivity index (χ1v) is 6.32. The fourth-order valence-corrected chi connectivity index (χ4v) is 2.42. The number of hydrogen-bond donors (Lipinski definition) is 1. The first-order valence-electron chi connectivity index (χ1n) is 5.38. The van der Waals surface area contributed by atoms with Crippen molar-refractivity contribution in [3.8, 4) is 0 Å². The molecule has 1 aromatic heterocycles. The molecule has 1 nitrogen and oxygen atoms in total. The number of hydrogen-bond acceptors (Lipinski definition) is 2. The summed E-state index contributed by atoms with van der Waals surface area (Å²) in [5, 5.41) is 4.05. The number of rotatable bonds is 4. The average Bonchev–Trinajstić information content (AvgIpc) is 2.78. The van der Waals surface area contributed by atoms with Gasteiger partial charge < -0.3 is 5.73 Å². The lowest BCUT2D eigenvalue weighted by Gasteiger charge is -2.12. The van der Waals surface area contributed by atoms with Crippen LogP contribution in [0.1, 0.15) is 23.6 Å². The minimum atomic E-state index is -0.573. The van der Waals surface area contributed by atoms with Crippen molar-refractivity contribution < 1.29 is 8.78 Å². The Morgan fingerprint density at radius 1 is 1.24 bits per heavy atom. The van der Waals surface area contributed by atoms with Crippen LogP contribution in [-0.4, -0.2) is 0 Å². The second-order valence-electron chi connectivity index (χ2n) is 3.94. The second kappa shape index (κ2) is 5.38. The third-order valence-corrected chi connectivity index (χ3v) is 3.42. The standard InChI is InChI=1S/C13H13F2NS/c14-10-2-3-11(12(15)7-10)13(16)4-1-9-5-6-17-8-9/h2-3,5-8,13H,1,4,16H2. The fraction of sp³-hybridized carbons (Fsp3) is 0.231. The van der Waals surface area contributed by atoms with Crippen LogP contribution in [0.5, 0.6) is 0 Å². The van der Waals surface area contributed by atoms with Crippen LogP contribution >= 0.6 is 11.3 Å². The summed E-state index contributed by atoms with van der Waals surface area (Å²) in [7, 11) is 0. The molecule has 0 aliphatic heterocycles. The van der Waals surface area contributed by atoms with E-state index in [0.29, 0.717) is 12.0 Å². The van der Waals surface area contributed by atoms with Crippen molar-refractivity contribution in [2.24, 2.45) is 5.73 Å². The van der Waals surface area contributed by atoms with E-state index in [2.05, 4.69) is 0 Å². The van der Waals surface area contributed by atoms with Crippen molar-refractivity contribution in [3.05, 3.63) is 57.8 Å². The average molecular weight is 253 g/mol. The van der Waals surface area contributed by atoms with Gasteiger partial charge in [0.15, 0.2) is 0 Å². The highest BCUT2D eigenvalue weighted by atomic mass is 32.1. The highest BCUT2D eigenvalue weighted by Crippen LogP contribution is 2.21. The molecule has 1 atom stereocenters. The number of benzene rings is 1. The zero-order valence-corrected chi connectivity index (χ0v) is 10.0. The van der Waals surface area contributed by atoms with Gasteiger partial charge in [-0.3, -0.25) is 0 Å². The van der Waals surface area contributed by atoms with Crippen LogP contribution in [0, 0.1) is 11.6 Å². The van der Waals surface area contributed by atoms with Gasteiger partial charge in [-0.05, 0) is 41.3 Å². The zero-order chi connectivity index (χ0) is 12.3. The summed E-state index contributed by atoms with van der Waals surface area (Å²) in [6.45, 7) is 0. The first-order chi connectivity index (χ1) is 8.16. The monoisotopic (exact) mass is 253 g/mol. The maximum atomic E-state index is 13.4. The Balaban J connectivity index is 2.01. The summed E-state index contributed by atoms with van der Waals surface area (Å²) in [5.74, 6) is -1.14. The molecule has 0 amide bonds. The van der Waals surface area contributed by atoms with Gasteiger partial charge in [-0.1, -0.05) is 6.07 Å². The van der Waals surface area contributed by atoms with Crippen molar-refractivity contribution in [2.75, 3.05) is 0 Å². The number of thiophene rings is 1. The zero-order valence-electron chi connectivity index (χ0n) is 9.20. The molecule has 0 aliphatic carbocycles. The van der Waals surface area contributed by atoms with Crippen LogP contribution in [0.2, 0.25) is 0 Å². The van der Waals surface area contributed by atoms with Gasteiger partial charge >= 0.3 is 0 Å². The van der Waals surface area contributed by atoms with Gasteiger partial charge in [-0.25, -0.2) is 8.78 Å². The largest absolute Gasteiger partial charge is 0.324 e. The molecule has 0 radical (unpaired) electrons. The van der Waals surface area contributed by atoms with Gasteiger partial charge in [0.2, 0.25) is 0 Å². The molecule has 0 fully saturated rings. The van der Waals surface area contributed by atoms with Crippen molar-refractivity contribution in [1.82, 2.24) is 0 Å². The third kappa shape index (κ3) is 3.11. The molecule has 90 valence electrons. The summed E-state index contributed by atoms with van der Waals surface area (Å²) in [5.41, 5.74) is 7.48. The normalized spacial score (nSPS) is 12.6. The lowest BCUT2D eigenvalue weighted by molar-refractivity contribution is 0.544. The van der Waals surface area contributed by atoms with Crippen LogP contribution in [-0.2, 0) is 6.42 Å².